The molecule has 142 valence electrons. The van der Waals surface area contributed by atoms with Gasteiger partial charge >= 0.3 is 0 Å². The topological polar surface area (TPSA) is 108 Å². The highest BCUT2D eigenvalue weighted by Gasteiger charge is 2.24. The molecule has 0 spiro atoms. The van der Waals surface area contributed by atoms with E-state index in [2.05, 4.69) is 19.9 Å². The average molecular weight is 389 g/mol. The van der Waals surface area contributed by atoms with E-state index >= 15 is 0 Å². The fourth-order valence-electron chi connectivity index (χ4n) is 2.64. The normalized spacial score (nSPS) is 11.3. The van der Waals surface area contributed by atoms with Crippen molar-refractivity contribution in [2.75, 3.05) is 25.2 Å². The Hall–Kier alpha value is -3.14. The van der Waals surface area contributed by atoms with E-state index in [1.54, 1.807) is 30.6 Å². The Morgan fingerprint density at radius 1 is 1.07 bits per heavy atom. The first-order chi connectivity index (χ1) is 12.8. The molecular formula is C17H19N5O4S. The number of nitrogens with one attached hydrogen (secondary N) is 1. The van der Waals surface area contributed by atoms with Gasteiger partial charge in [0.15, 0.2) is 5.82 Å². The summed E-state index contributed by atoms with van der Waals surface area (Å²) in [6, 6.07) is 7.11. The lowest BCUT2D eigenvalue weighted by Gasteiger charge is -2.17. The molecule has 0 amide bonds. The van der Waals surface area contributed by atoms with Gasteiger partial charge in [-0.2, -0.15) is 0 Å². The minimum Gasteiger partial charge on any atom is -0.494 e. The maximum absolute atomic E-state index is 11.8. The maximum atomic E-state index is 11.8. The molecule has 3 aromatic rings. The fourth-order valence-corrected chi connectivity index (χ4v) is 3.11. The SMILES string of the molecule is COc1cccc(OC)c1-n1c(NS(C)(=O)=O)nnc1-c1cncc(C)c1. The number of hydrogen-bond donors (Lipinski definition) is 1. The van der Waals surface area contributed by atoms with Crippen LogP contribution in [0.5, 0.6) is 11.5 Å². The predicted octanol–water partition coefficient (Wildman–Crippen LogP) is 2.03. The first-order valence-electron chi connectivity index (χ1n) is 7.90. The summed E-state index contributed by atoms with van der Waals surface area (Å²) in [5, 5.41) is 8.19. The number of aryl methyl sites for hydroxylation is 1. The second kappa shape index (κ2) is 7.23. The number of anilines is 1. The summed E-state index contributed by atoms with van der Waals surface area (Å²) >= 11 is 0. The molecule has 2 aromatic heterocycles. The summed E-state index contributed by atoms with van der Waals surface area (Å²) in [5.41, 5.74) is 2.05. The highest BCUT2D eigenvalue weighted by Crippen LogP contribution is 2.37. The first-order valence-corrected chi connectivity index (χ1v) is 9.80. The van der Waals surface area contributed by atoms with Crippen molar-refractivity contribution >= 4 is 16.0 Å². The summed E-state index contributed by atoms with van der Waals surface area (Å²) in [7, 11) is -0.566. The predicted molar refractivity (Wildman–Crippen MR) is 101 cm³/mol. The van der Waals surface area contributed by atoms with Gasteiger partial charge in [0.1, 0.15) is 17.2 Å². The van der Waals surface area contributed by atoms with Crippen molar-refractivity contribution in [2.45, 2.75) is 6.92 Å². The van der Waals surface area contributed by atoms with E-state index in [0.717, 1.165) is 11.8 Å². The van der Waals surface area contributed by atoms with Crippen LogP contribution in [0, 0.1) is 6.92 Å². The van der Waals surface area contributed by atoms with E-state index < -0.39 is 10.0 Å². The number of benzene rings is 1. The minimum absolute atomic E-state index is 0.0109. The van der Waals surface area contributed by atoms with Crippen molar-refractivity contribution in [3.05, 3.63) is 42.2 Å². The van der Waals surface area contributed by atoms with Crippen LogP contribution >= 0.6 is 0 Å². The second-order valence-electron chi connectivity index (χ2n) is 5.82. The number of nitrogens with zero attached hydrogens (tertiary/aromatic N) is 4. The molecule has 0 aliphatic rings. The number of pyridine rings is 1. The number of methoxy groups -OCH3 is 2. The van der Waals surface area contributed by atoms with Crippen LogP contribution in [0.3, 0.4) is 0 Å². The number of sulfonamides is 1. The maximum Gasteiger partial charge on any atom is 0.243 e. The van der Waals surface area contributed by atoms with E-state index in [-0.39, 0.29) is 5.95 Å². The summed E-state index contributed by atoms with van der Waals surface area (Å²) in [6.45, 7) is 1.90. The summed E-state index contributed by atoms with van der Waals surface area (Å²) in [4.78, 5) is 4.18. The second-order valence-corrected chi connectivity index (χ2v) is 7.57. The molecule has 0 atom stereocenters. The first kappa shape index (κ1) is 18.6. The van der Waals surface area contributed by atoms with Gasteiger partial charge in [-0.05, 0) is 30.7 Å². The third-order valence-electron chi connectivity index (χ3n) is 3.70. The van der Waals surface area contributed by atoms with Crippen molar-refractivity contribution in [2.24, 2.45) is 0 Å². The van der Waals surface area contributed by atoms with Gasteiger partial charge in [0.25, 0.3) is 0 Å². The van der Waals surface area contributed by atoms with Gasteiger partial charge in [0.2, 0.25) is 16.0 Å². The smallest absolute Gasteiger partial charge is 0.243 e. The van der Waals surface area contributed by atoms with Crippen molar-refractivity contribution in [3.63, 3.8) is 0 Å². The van der Waals surface area contributed by atoms with Gasteiger partial charge in [-0.3, -0.25) is 14.3 Å². The third kappa shape index (κ3) is 3.85. The van der Waals surface area contributed by atoms with Crippen LogP contribution in [-0.2, 0) is 10.0 Å². The van der Waals surface area contributed by atoms with Gasteiger partial charge < -0.3 is 9.47 Å². The molecular weight excluding hydrogens is 370 g/mol. The van der Waals surface area contributed by atoms with Crippen molar-refractivity contribution in [1.29, 1.82) is 0 Å². The summed E-state index contributed by atoms with van der Waals surface area (Å²) in [6.07, 6.45) is 4.38. The zero-order valence-electron chi connectivity index (χ0n) is 15.3. The lowest BCUT2D eigenvalue weighted by atomic mass is 10.2. The van der Waals surface area contributed by atoms with Gasteiger partial charge in [-0.1, -0.05) is 6.07 Å². The molecule has 1 aromatic carbocycles. The highest BCUT2D eigenvalue weighted by molar-refractivity contribution is 7.92. The van der Waals surface area contributed by atoms with Crippen LogP contribution in [0.1, 0.15) is 5.56 Å². The minimum atomic E-state index is -3.59. The molecule has 27 heavy (non-hydrogen) atoms. The van der Waals surface area contributed by atoms with Gasteiger partial charge in [0.05, 0.1) is 20.5 Å². The number of ether oxygens (including phenoxy) is 2. The average Bonchev–Trinajstić information content (AvgIpc) is 3.02. The Morgan fingerprint density at radius 2 is 1.74 bits per heavy atom. The molecule has 0 saturated carbocycles. The van der Waals surface area contributed by atoms with Gasteiger partial charge in [-0.15, -0.1) is 10.2 Å². The van der Waals surface area contributed by atoms with Gasteiger partial charge in [-0.25, -0.2) is 8.42 Å². The number of aromatic nitrogens is 4. The van der Waals surface area contributed by atoms with Crippen molar-refractivity contribution in [1.82, 2.24) is 19.7 Å². The van der Waals surface area contributed by atoms with E-state index in [4.69, 9.17) is 9.47 Å². The fraction of sp³-hybridized carbons (Fsp3) is 0.235. The molecule has 0 bridgehead atoms. The molecule has 9 nitrogen and oxygen atoms in total. The number of rotatable bonds is 6. The Labute approximate surface area is 157 Å². The lowest BCUT2D eigenvalue weighted by molar-refractivity contribution is 0.391. The van der Waals surface area contributed by atoms with Crippen molar-refractivity contribution in [3.8, 4) is 28.6 Å². The standard InChI is InChI=1S/C17H19N5O4S/c1-11-8-12(10-18-9-11)16-19-20-17(21-27(4,23)24)22(16)15-13(25-2)6-5-7-14(15)26-3/h5-10H,1-4H3,(H,20,21). The van der Waals surface area contributed by atoms with Crippen LogP contribution in [0.4, 0.5) is 5.95 Å². The summed E-state index contributed by atoms with van der Waals surface area (Å²) < 4.78 is 38.5. The van der Waals surface area contributed by atoms with E-state index in [1.165, 1.54) is 18.8 Å². The monoisotopic (exact) mass is 389 g/mol. The van der Waals surface area contributed by atoms with Crippen LogP contribution in [-0.4, -0.2) is 48.6 Å². The molecule has 10 heteroatoms. The van der Waals surface area contributed by atoms with Crippen LogP contribution < -0.4 is 14.2 Å². The van der Waals surface area contributed by atoms with E-state index in [9.17, 15) is 8.42 Å². The third-order valence-corrected chi connectivity index (χ3v) is 4.25. The van der Waals surface area contributed by atoms with Crippen molar-refractivity contribution < 1.29 is 17.9 Å². The molecule has 1 N–H and O–H groups in total. The Kier molecular flexibility index (Phi) is 5.00. The molecule has 0 unspecified atom stereocenters. The number of hydrogen-bond acceptors (Lipinski definition) is 7. The molecule has 0 saturated heterocycles. The van der Waals surface area contributed by atoms with Gasteiger partial charge in [0, 0.05) is 18.0 Å². The molecule has 0 aliphatic heterocycles. The lowest BCUT2D eigenvalue weighted by Crippen LogP contribution is -2.15. The quantitative estimate of drug-likeness (QED) is 0.687. The molecule has 0 radical (unpaired) electrons. The molecule has 0 aliphatic carbocycles. The Morgan fingerprint density at radius 3 is 2.30 bits per heavy atom. The molecule has 3 rings (SSSR count). The zero-order chi connectivity index (χ0) is 19.6. The summed E-state index contributed by atoms with van der Waals surface area (Å²) in [5.74, 6) is 1.33. The molecule has 2 heterocycles. The number of para-hydroxylation sites is 1. The largest absolute Gasteiger partial charge is 0.494 e. The van der Waals surface area contributed by atoms with E-state index in [1.807, 2.05) is 13.0 Å². The van der Waals surface area contributed by atoms with E-state index in [0.29, 0.717) is 28.6 Å². The zero-order valence-corrected chi connectivity index (χ0v) is 16.1. The molecule has 0 fully saturated rings. The van der Waals surface area contributed by atoms with Crippen LogP contribution in [0.2, 0.25) is 0 Å². The highest BCUT2D eigenvalue weighted by atomic mass is 32.2. The Bertz CT molecular complexity index is 1060. The van der Waals surface area contributed by atoms with Crippen LogP contribution in [0.15, 0.2) is 36.7 Å². The van der Waals surface area contributed by atoms with Crippen LogP contribution in [0.25, 0.3) is 17.1 Å². The Balaban J connectivity index is 2.35.